The number of nitrogens with one attached hydrogen (secondary N) is 1. The van der Waals surface area contributed by atoms with E-state index in [4.69, 9.17) is 11.6 Å². The van der Waals surface area contributed by atoms with Crippen molar-refractivity contribution in [2.75, 3.05) is 7.05 Å². The van der Waals surface area contributed by atoms with Crippen molar-refractivity contribution >= 4 is 23.4 Å². The zero-order chi connectivity index (χ0) is 9.90. The maximum Gasteiger partial charge on any atom is 0.0632 e. The monoisotopic (exact) mass is 215 g/mol. The quantitative estimate of drug-likeness (QED) is 0.613. The molecule has 1 aromatic rings. The van der Waals surface area contributed by atoms with E-state index in [1.165, 1.54) is 4.90 Å². The molecule has 0 aromatic heterocycles. The fraction of sp³-hybridized carbons (Fsp3) is 0.400. The third kappa shape index (κ3) is 3.59. The molecule has 0 radical (unpaired) electrons. The van der Waals surface area contributed by atoms with Crippen LogP contribution in [0.25, 0.3) is 0 Å². The van der Waals surface area contributed by atoms with Gasteiger partial charge in [-0.15, -0.1) is 11.8 Å². The smallest absolute Gasteiger partial charge is 0.0632 e. The van der Waals surface area contributed by atoms with Crippen LogP contribution in [0.4, 0.5) is 0 Å². The molecule has 13 heavy (non-hydrogen) atoms. The van der Waals surface area contributed by atoms with Gasteiger partial charge in [-0.05, 0) is 45.2 Å². The zero-order valence-electron chi connectivity index (χ0n) is 8.10. The summed E-state index contributed by atoms with van der Waals surface area (Å²) in [6.45, 7) is 4.29. The Morgan fingerprint density at radius 2 is 1.77 bits per heavy atom. The summed E-state index contributed by atoms with van der Waals surface area (Å²) in [5.74, 6) is 0. The van der Waals surface area contributed by atoms with Gasteiger partial charge in [0.25, 0.3) is 0 Å². The molecule has 0 aliphatic rings. The Morgan fingerprint density at radius 1 is 1.23 bits per heavy atom. The molecule has 0 unspecified atom stereocenters. The van der Waals surface area contributed by atoms with Crippen LogP contribution in [0.3, 0.4) is 0 Å². The molecule has 0 heterocycles. The van der Waals surface area contributed by atoms with Crippen LogP contribution in [0.2, 0.25) is 5.02 Å². The molecule has 1 N–H and O–H groups in total. The van der Waals surface area contributed by atoms with Crippen molar-refractivity contribution in [1.82, 2.24) is 5.32 Å². The lowest BCUT2D eigenvalue weighted by molar-refractivity contribution is 0.609. The Labute approximate surface area is 88.9 Å². The van der Waals surface area contributed by atoms with E-state index in [-0.39, 0.29) is 4.87 Å². The van der Waals surface area contributed by atoms with E-state index in [2.05, 4.69) is 19.2 Å². The van der Waals surface area contributed by atoms with Crippen LogP contribution in [0.15, 0.2) is 29.2 Å². The van der Waals surface area contributed by atoms with Crippen LogP contribution >= 0.6 is 23.4 Å². The maximum atomic E-state index is 5.79. The van der Waals surface area contributed by atoms with Gasteiger partial charge in [0, 0.05) is 9.92 Å². The maximum absolute atomic E-state index is 5.79. The number of rotatable bonds is 3. The number of halogens is 1. The number of benzene rings is 1. The molecule has 0 aliphatic carbocycles. The van der Waals surface area contributed by atoms with Crippen LogP contribution < -0.4 is 5.32 Å². The predicted molar refractivity (Wildman–Crippen MR) is 60.4 cm³/mol. The zero-order valence-corrected chi connectivity index (χ0v) is 9.67. The minimum absolute atomic E-state index is 0.0633. The molecule has 72 valence electrons. The van der Waals surface area contributed by atoms with Gasteiger partial charge in [-0.3, -0.25) is 0 Å². The van der Waals surface area contributed by atoms with E-state index in [1.54, 1.807) is 11.8 Å². The van der Waals surface area contributed by atoms with Crippen molar-refractivity contribution in [1.29, 1.82) is 0 Å². The van der Waals surface area contributed by atoms with Gasteiger partial charge in [-0.1, -0.05) is 11.6 Å². The minimum Gasteiger partial charge on any atom is -0.306 e. The third-order valence-corrected chi connectivity index (χ3v) is 3.26. The van der Waals surface area contributed by atoms with Gasteiger partial charge in [0.2, 0.25) is 0 Å². The SMILES string of the molecule is CNC(C)(C)Sc1ccc(Cl)cc1. The largest absolute Gasteiger partial charge is 0.306 e. The van der Waals surface area contributed by atoms with Gasteiger partial charge in [0.1, 0.15) is 0 Å². The summed E-state index contributed by atoms with van der Waals surface area (Å²) >= 11 is 7.58. The first-order chi connectivity index (χ1) is 6.03. The minimum atomic E-state index is 0.0633. The van der Waals surface area contributed by atoms with Crippen LogP contribution in [0.1, 0.15) is 13.8 Å². The van der Waals surface area contributed by atoms with Gasteiger partial charge in [0.05, 0.1) is 4.87 Å². The van der Waals surface area contributed by atoms with Crippen molar-refractivity contribution in [2.24, 2.45) is 0 Å². The van der Waals surface area contributed by atoms with Crippen LogP contribution in [0.5, 0.6) is 0 Å². The first-order valence-corrected chi connectivity index (χ1v) is 5.36. The molecular weight excluding hydrogens is 202 g/mol. The van der Waals surface area contributed by atoms with Crippen LogP contribution in [-0.2, 0) is 0 Å². The van der Waals surface area contributed by atoms with Crippen molar-refractivity contribution in [3.8, 4) is 0 Å². The lowest BCUT2D eigenvalue weighted by Gasteiger charge is -2.23. The lowest BCUT2D eigenvalue weighted by atomic mass is 10.4. The molecule has 0 spiro atoms. The van der Waals surface area contributed by atoms with Crippen molar-refractivity contribution in [2.45, 2.75) is 23.6 Å². The summed E-state index contributed by atoms with van der Waals surface area (Å²) in [6, 6.07) is 7.89. The summed E-state index contributed by atoms with van der Waals surface area (Å²) in [7, 11) is 1.96. The van der Waals surface area contributed by atoms with Crippen molar-refractivity contribution < 1.29 is 0 Å². The molecule has 1 nitrogen and oxygen atoms in total. The van der Waals surface area contributed by atoms with Crippen molar-refractivity contribution in [3.63, 3.8) is 0 Å². The van der Waals surface area contributed by atoms with E-state index < -0.39 is 0 Å². The first kappa shape index (κ1) is 10.9. The summed E-state index contributed by atoms with van der Waals surface area (Å²) in [6.07, 6.45) is 0. The topological polar surface area (TPSA) is 12.0 Å². The van der Waals surface area contributed by atoms with Crippen molar-refractivity contribution in [3.05, 3.63) is 29.3 Å². The van der Waals surface area contributed by atoms with Crippen LogP contribution in [-0.4, -0.2) is 11.9 Å². The lowest BCUT2D eigenvalue weighted by Crippen LogP contribution is -2.31. The molecule has 1 rings (SSSR count). The number of hydrogen-bond donors (Lipinski definition) is 1. The highest BCUT2D eigenvalue weighted by Gasteiger charge is 2.15. The Balaban J connectivity index is 2.69. The first-order valence-electron chi connectivity index (χ1n) is 4.17. The van der Waals surface area contributed by atoms with Gasteiger partial charge in [-0.2, -0.15) is 0 Å². The number of thioether (sulfide) groups is 1. The number of hydrogen-bond acceptors (Lipinski definition) is 2. The molecule has 1 aromatic carbocycles. The Kier molecular flexibility index (Phi) is 3.65. The van der Waals surface area contributed by atoms with Crippen LogP contribution in [0, 0.1) is 0 Å². The van der Waals surface area contributed by atoms with E-state index in [1.807, 2.05) is 31.3 Å². The molecule has 0 bridgehead atoms. The fourth-order valence-corrected chi connectivity index (χ4v) is 1.94. The summed E-state index contributed by atoms with van der Waals surface area (Å²) < 4.78 is 0. The second kappa shape index (κ2) is 4.36. The second-order valence-corrected chi connectivity index (χ2v) is 5.45. The van der Waals surface area contributed by atoms with Gasteiger partial charge in [0.15, 0.2) is 0 Å². The molecule has 0 saturated carbocycles. The summed E-state index contributed by atoms with van der Waals surface area (Å²) in [5, 5.41) is 4.02. The highest BCUT2D eigenvalue weighted by Crippen LogP contribution is 2.30. The second-order valence-electron chi connectivity index (χ2n) is 3.32. The molecule has 0 amide bonds. The molecule has 0 atom stereocenters. The molecule has 3 heteroatoms. The molecule has 0 fully saturated rings. The van der Waals surface area contributed by atoms with Gasteiger partial charge in [-0.25, -0.2) is 0 Å². The van der Waals surface area contributed by atoms with Gasteiger partial charge >= 0.3 is 0 Å². The van der Waals surface area contributed by atoms with E-state index in [9.17, 15) is 0 Å². The van der Waals surface area contributed by atoms with Gasteiger partial charge < -0.3 is 5.32 Å². The standard InChI is InChI=1S/C10H14ClNS/c1-10(2,12-3)13-9-6-4-8(11)5-7-9/h4-7,12H,1-3H3. The van der Waals surface area contributed by atoms with E-state index in [0.717, 1.165) is 5.02 Å². The van der Waals surface area contributed by atoms with E-state index in [0.29, 0.717) is 0 Å². The highest BCUT2D eigenvalue weighted by atomic mass is 35.5. The average molecular weight is 216 g/mol. The summed E-state index contributed by atoms with van der Waals surface area (Å²) in [4.78, 5) is 1.29. The fourth-order valence-electron chi connectivity index (χ4n) is 0.848. The Morgan fingerprint density at radius 3 is 2.23 bits per heavy atom. The Hall–Kier alpha value is -0.180. The molecular formula is C10H14ClNS. The summed E-state index contributed by atoms with van der Waals surface area (Å²) in [5.41, 5.74) is 0. The predicted octanol–water partition coefficient (Wildman–Crippen LogP) is 3.39. The molecule has 0 aliphatic heterocycles. The normalized spacial score (nSPS) is 11.7. The average Bonchev–Trinajstić information content (AvgIpc) is 2.09. The third-order valence-electron chi connectivity index (χ3n) is 1.79. The van der Waals surface area contributed by atoms with E-state index >= 15 is 0 Å². The highest BCUT2D eigenvalue weighted by molar-refractivity contribution is 8.00. The molecule has 0 saturated heterocycles. The Bertz CT molecular complexity index is 269.